The highest BCUT2D eigenvalue weighted by molar-refractivity contribution is 6.29. The van der Waals surface area contributed by atoms with E-state index in [4.69, 9.17) is 16.0 Å². The van der Waals surface area contributed by atoms with Gasteiger partial charge in [-0.05, 0) is 30.3 Å². The van der Waals surface area contributed by atoms with Crippen LogP contribution in [0.4, 0.5) is 0 Å². The number of hydrogen-bond donors (Lipinski definition) is 1. The lowest BCUT2D eigenvalue weighted by molar-refractivity contribution is -0.116. The van der Waals surface area contributed by atoms with Crippen LogP contribution in [0, 0.1) is 0 Å². The summed E-state index contributed by atoms with van der Waals surface area (Å²) in [7, 11) is 0. The molecule has 3 aromatic heterocycles. The number of rotatable bonds is 4. The second kappa shape index (κ2) is 5.85. The minimum atomic E-state index is -0.213. The maximum absolute atomic E-state index is 11.7. The van der Waals surface area contributed by atoms with Crippen molar-refractivity contribution in [3.63, 3.8) is 0 Å². The van der Waals surface area contributed by atoms with Gasteiger partial charge in [0.05, 0.1) is 18.5 Å². The molecular formula is C15H12ClN3O2. The lowest BCUT2D eigenvalue weighted by Gasteiger charge is -1.97. The van der Waals surface area contributed by atoms with Gasteiger partial charge in [0, 0.05) is 12.3 Å². The molecule has 0 atom stereocenters. The van der Waals surface area contributed by atoms with Crippen molar-refractivity contribution in [1.82, 2.24) is 14.7 Å². The molecule has 3 heterocycles. The number of nitrogens with zero attached hydrogens (tertiary/aromatic N) is 2. The zero-order chi connectivity index (χ0) is 14.7. The Bertz CT molecular complexity index is 790. The number of fused-ring (bicyclic) bond motifs is 1. The Labute approximate surface area is 125 Å². The molecule has 0 unspecified atom stereocenters. The predicted molar refractivity (Wildman–Crippen MR) is 79.8 cm³/mol. The fourth-order valence-electron chi connectivity index (χ4n) is 1.89. The van der Waals surface area contributed by atoms with E-state index < -0.39 is 0 Å². The van der Waals surface area contributed by atoms with Gasteiger partial charge < -0.3 is 9.73 Å². The van der Waals surface area contributed by atoms with Crippen molar-refractivity contribution in [2.45, 2.75) is 6.54 Å². The predicted octanol–water partition coefficient (Wildman–Crippen LogP) is 2.91. The summed E-state index contributed by atoms with van der Waals surface area (Å²) in [5, 5.41) is 3.33. The Morgan fingerprint density at radius 1 is 1.38 bits per heavy atom. The SMILES string of the molecule is O=C(/C=C/c1ccco1)NCc1cn2c(Cl)cccc2n1. The third-order valence-electron chi connectivity index (χ3n) is 2.88. The van der Waals surface area contributed by atoms with Crippen molar-refractivity contribution in [3.8, 4) is 0 Å². The topological polar surface area (TPSA) is 59.5 Å². The van der Waals surface area contributed by atoms with Crippen molar-refractivity contribution in [2.75, 3.05) is 0 Å². The van der Waals surface area contributed by atoms with Crippen LogP contribution in [0.2, 0.25) is 5.15 Å². The second-order valence-corrected chi connectivity index (χ2v) is 4.76. The molecule has 21 heavy (non-hydrogen) atoms. The zero-order valence-electron chi connectivity index (χ0n) is 11.0. The first kappa shape index (κ1) is 13.5. The van der Waals surface area contributed by atoms with E-state index in [1.54, 1.807) is 41.1 Å². The molecule has 5 nitrogen and oxygen atoms in total. The molecule has 0 saturated heterocycles. The number of hydrogen-bond acceptors (Lipinski definition) is 3. The van der Waals surface area contributed by atoms with E-state index in [9.17, 15) is 4.79 Å². The highest BCUT2D eigenvalue weighted by Crippen LogP contribution is 2.13. The number of carbonyl (C=O) groups is 1. The molecule has 0 saturated carbocycles. The third-order valence-corrected chi connectivity index (χ3v) is 3.19. The molecule has 0 aliphatic heterocycles. The van der Waals surface area contributed by atoms with Gasteiger partial charge in [-0.25, -0.2) is 4.98 Å². The third kappa shape index (κ3) is 3.14. The van der Waals surface area contributed by atoms with Crippen LogP contribution in [0.3, 0.4) is 0 Å². The Hall–Kier alpha value is -2.53. The summed E-state index contributed by atoms with van der Waals surface area (Å²) in [6.45, 7) is 0.333. The van der Waals surface area contributed by atoms with Crippen LogP contribution in [0.1, 0.15) is 11.5 Å². The van der Waals surface area contributed by atoms with Crippen molar-refractivity contribution >= 4 is 29.2 Å². The van der Waals surface area contributed by atoms with E-state index in [1.165, 1.54) is 6.08 Å². The number of halogens is 1. The van der Waals surface area contributed by atoms with E-state index >= 15 is 0 Å². The van der Waals surface area contributed by atoms with Crippen LogP contribution in [-0.4, -0.2) is 15.3 Å². The lowest BCUT2D eigenvalue weighted by Crippen LogP contribution is -2.20. The first-order valence-electron chi connectivity index (χ1n) is 6.34. The van der Waals surface area contributed by atoms with Crippen LogP contribution in [-0.2, 0) is 11.3 Å². The number of pyridine rings is 1. The summed E-state index contributed by atoms with van der Waals surface area (Å²) in [5.41, 5.74) is 1.49. The summed E-state index contributed by atoms with van der Waals surface area (Å²) < 4.78 is 6.87. The van der Waals surface area contributed by atoms with Crippen LogP contribution >= 0.6 is 11.6 Å². The molecule has 3 rings (SSSR count). The van der Waals surface area contributed by atoms with Crippen LogP contribution in [0.15, 0.2) is 53.3 Å². The zero-order valence-corrected chi connectivity index (χ0v) is 11.7. The highest BCUT2D eigenvalue weighted by Gasteiger charge is 2.04. The number of amides is 1. The fraction of sp³-hybridized carbons (Fsp3) is 0.0667. The quantitative estimate of drug-likeness (QED) is 0.595. The van der Waals surface area contributed by atoms with Gasteiger partial charge in [-0.1, -0.05) is 17.7 Å². The molecule has 0 fully saturated rings. The molecule has 3 aromatic rings. The van der Waals surface area contributed by atoms with Gasteiger partial charge in [-0.2, -0.15) is 0 Å². The van der Waals surface area contributed by atoms with Gasteiger partial charge in [0.25, 0.3) is 0 Å². The first-order valence-corrected chi connectivity index (χ1v) is 6.72. The monoisotopic (exact) mass is 301 g/mol. The average molecular weight is 302 g/mol. The molecule has 0 bridgehead atoms. The van der Waals surface area contributed by atoms with Gasteiger partial charge in [0.1, 0.15) is 16.6 Å². The minimum absolute atomic E-state index is 0.213. The maximum atomic E-state index is 11.7. The number of imidazole rings is 1. The maximum Gasteiger partial charge on any atom is 0.244 e. The molecule has 106 valence electrons. The second-order valence-electron chi connectivity index (χ2n) is 4.38. The Balaban J connectivity index is 1.63. The highest BCUT2D eigenvalue weighted by atomic mass is 35.5. The van der Waals surface area contributed by atoms with Gasteiger partial charge in [-0.15, -0.1) is 0 Å². The van der Waals surface area contributed by atoms with Gasteiger partial charge >= 0.3 is 0 Å². The lowest BCUT2D eigenvalue weighted by atomic mass is 10.4. The van der Waals surface area contributed by atoms with Crippen LogP contribution in [0.25, 0.3) is 11.7 Å². The van der Waals surface area contributed by atoms with Gasteiger partial charge in [0.2, 0.25) is 5.91 Å². The van der Waals surface area contributed by atoms with E-state index in [2.05, 4.69) is 10.3 Å². The first-order chi connectivity index (χ1) is 10.2. The van der Waals surface area contributed by atoms with Crippen molar-refractivity contribution in [1.29, 1.82) is 0 Å². The summed E-state index contributed by atoms with van der Waals surface area (Å²) >= 11 is 6.05. The number of nitrogens with one attached hydrogen (secondary N) is 1. The Kier molecular flexibility index (Phi) is 3.75. The Morgan fingerprint density at radius 3 is 3.05 bits per heavy atom. The van der Waals surface area contributed by atoms with Crippen molar-refractivity contribution in [3.05, 3.63) is 65.5 Å². The summed E-state index contributed by atoms with van der Waals surface area (Å²) in [6, 6.07) is 9.00. The average Bonchev–Trinajstić information content (AvgIpc) is 3.12. The van der Waals surface area contributed by atoms with E-state index in [0.717, 1.165) is 11.3 Å². The standard InChI is InChI=1S/C15H12ClN3O2/c16-13-4-1-5-14-18-11(10-19(13)14)9-17-15(20)7-6-12-3-2-8-21-12/h1-8,10H,9H2,(H,17,20)/b7-6+. The molecular weight excluding hydrogens is 290 g/mol. The van der Waals surface area contributed by atoms with Crippen LogP contribution in [0.5, 0.6) is 0 Å². The molecule has 6 heteroatoms. The van der Waals surface area contributed by atoms with Crippen molar-refractivity contribution in [2.24, 2.45) is 0 Å². The largest absolute Gasteiger partial charge is 0.465 e. The molecule has 0 aliphatic rings. The van der Waals surface area contributed by atoms with E-state index in [1.807, 2.05) is 12.1 Å². The summed E-state index contributed by atoms with van der Waals surface area (Å²) in [5.74, 6) is 0.416. The molecule has 0 aliphatic carbocycles. The molecule has 0 spiro atoms. The van der Waals surface area contributed by atoms with Gasteiger partial charge in [0.15, 0.2) is 0 Å². The Morgan fingerprint density at radius 2 is 2.29 bits per heavy atom. The molecule has 1 N–H and O–H groups in total. The normalized spacial score (nSPS) is 11.3. The van der Waals surface area contributed by atoms with Crippen LogP contribution < -0.4 is 5.32 Å². The number of furan rings is 1. The minimum Gasteiger partial charge on any atom is -0.465 e. The molecule has 0 aromatic carbocycles. The molecule has 0 radical (unpaired) electrons. The number of carbonyl (C=O) groups excluding carboxylic acids is 1. The summed E-state index contributed by atoms with van der Waals surface area (Å²) in [4.78, 5) is 16.1. The fourth-order valence-corrected chi connectivity index (χ4v) is 2.10. The molecule has 1 amide bonds. The smallest absolute Gasteiger partial charge is 0.244 e. The van der Waals surface area contributed by atoms with Crippen molar-refractivity contribution < 1.29 is 9.21 Å². The summed E-state index contributed by atoms with van der Waals surface area (Å²) in [6.07, 6.45) is 6.38. The van der Waals surface area contributed by atoms with Gasteiger partial charge in [-0.3, -0.25) is 9.20 Å². The van der Waals surface area contributed by atoms with E-state index in [0.29, 0.717) is 17.5 Å². The van der Waals surface area contributed by atoms with E-state index in [-0.39, 0.29) is 5.91 Å². The number of aromatic nitrogens is 2.